The number of nitrogens with zero attached hydrogens (tertiary/aromatic N) is 2. The summed E-state index contributed by atoms with van der Waals surface area (Å²) in [6.07, 6.45) is 5.94. The second-order valence-corrected chi connectivity index (χ2v) is 7.19. The summed E-state index contributed by atoms with van der Waals surface area (Å²) in [6.45, 7) is 0.614. The predicted molar refractivity (Wildman–Crippen MR) is 108 cm³/mol. The lowest BCUT2D eigenvalue weighted by Crippen LogP contribution is -2.09. The van der Waals surface area contributed by atoms with Crippen molar-refractivity contribution < 1.29 is 4.79 Å². The fourth-order valence-corrected chi connectivity index (χ4v) is 3.75. The first-order valence-corrected chi connectivity index (χ1v) is 9.42. The SMILES string of the molecule is O=C(c1ccc2ncsc2c1)c1cccn1C/C=C/c1cccc(Cl)c1. The van der Waals surface area contributed by atoms with Crippen molar-refractivity contribution in [2.24, 2.45) is 0 Å². The molecule has 2 aromatic heterocycles. The average molecular weight is 379 g/mol. The number of thiazole rings is 1. The topological polar surface area (TPSA) is 34.9 Å². The Balaban J connectivity index is 1.55. The van der Waals surface area contributed by atoms with Gasteiger partial charge in [-0.2, -0.15) is 0 Å². The average Bonchev–Trinajstić information content (AvgIpc) is 3.29. The highest BCUT2D eigenvalue weighted by molar-refractivity contribution is 7.16. The third-order valence-electron chi connectivity index (χ3n) is 4.12. The molecule has 0 atom stereocenters. The molecule has 0 fully saturated rings. The van der Waals surface area contributed by atoms with E-state index in [0.29, 0.717) is 22.8 Å². The van der Waals surface area contributed by atoms with Crippen molar-refractivity contribution in [2.45, 2.75) is 6.54 Å². The lowest BCUT2D eigenvalue weighted by atomic mass is 10.1. The highest BCUT2D eigenvalue weighted by Crippen LogP contribution is 2.21. The molecule has 0 bridgehead atoms. The van der Waals surface area contributed by atoms with Gasteiger partial charge in [-0.05, 0) is 48.0 Å². The summed E-state index contributed by atoms with van der Waals surface area (Å²) < 4.78 is 2.97. The van der Waals surface area contributed by atoms with Gasteiger partial charge in [0.15, 0.2) is 0 Å². The first kappa shape index (κ1) is 16.8. The molecular formula is C21H15ClN2OS. The van der Waals surface area contributed by atoms with E-state index in [2.05, 4.69) is 4.98 Å². The molecule has 0 unspecified atom stereocenters. The number of carbonyl (C=O) groups excluding carboxylic acids is 1. The van der Waals surface area contributed by atoms with Crippen LogP contribution in [0.25, 0.3) is 16.3 Å². The number of rotatable bonds is 5. The molecule has 0 amide bonds. The van der Waals surface area contributed by atoms with Crippen LogP contribution in [0.3, 0.4) is 0 Å². The number of hydrogen-bond acceptors (Lipinski definition) is 3. The Morgan fingerprint density at radius 2 is 2.08 bits per heavy atom. The van der Waals surface area contributed by atoms with Gasteiger partial charge in [0.2, 0.25) is 5.78 Å². The van der Waals surface area contributed by atoms with E-state index < -0.39 is 0 Å². The Bertz CT molecular complexity index is 1110. The number of halogens is 1. The van der Waals surface area contributed by atoms with E-state index in [-0.39, 0.29) is 5.78 Å². The maximum absolute atomic E-state index is 12.9. The first-order valence-electron chi connectivity index (χ1n) is 8.16. The van der Waals surface area contributed by atoms with E-state index in [1.165, 1.54) is 0 Å². The summed E-state index contributed by atoms with van der Waals surface area (Å²) in [7, 11) is 0. The van der Waals surface area contributed by atoms with Gasteiger partial charge in [0, 0.05) is 23.3 Å². The van der Waals surface area contributed by atoms with E-state index in [1.807, 2.05) is 77.5 Å². The molecule has 3 nitrogen and oxygen atoms in total. The quantitative estimate of drug-likeness (QED) is 0.418. The van der Waals surface area contributed by atoms with Crippen molar-refractivity contribution in [3.8, 4) is 0 Å². The van der Waals surface area contributed by atoms with Crippen LogP contribution >= 0.6 is 22.9 Å². The van der Waals surface area contributed by atoms with Crippen LogP contribution < -0.4 is 0 Å². The van der Waals surface area contributed by atoms with Crippen LogP contribution in [0.5, 0.6) is 0 Å². The zero-order valence-electron chi connectivity index (χ0n) is 13.8. The fourth-order valence-electron chi connectivity index (χ4n) is 2.84. The Morgan fingerprint density at radius 1 is 1.15 bits per heavy atom. The largest absolute Gasteiger partial charge is 0.341 e. The summed E-state index contributed by atoms with van der Waals surface area (Å²) in [5, 5.41) is 0.711. The monoisotopic (exact) mass is 378 g/mol. The second-order valence-electron chi connectivity index (χ2n) is 5.87. The number of hydrogen-bond donors (Lipinski definition) is 0. The van der Waals surface area contributed by atoms with Gasteiger partial charge >= 0.3 is 0 Å². The summed E-state index contributed by atoms with van der Waals surface area (Å²) >= 11 is 7.54. The van der Waals surface area contributed by atoms with Crippen molar-refractivity contribution in [2.75, 3.05) is 0 Å². The fraction of sp³-hybridized carbons (Fsp3) is 0.0476. The molecule has 0 saturated heterocycles. The zero-order valence-corrected chi connectivity index (χ0v) is 15.4. The number of ketones is 1. The minimum atomic E-state index is 0.0152. The van der Waals surface area contributed by atoms with Crippen LogP contribution in [-0.2, 0) is 6.54 Å². The van der Waals surface area contributed by atoms with Crippen molar-refractivity contribution in [1.29, 1.82) is 0 Å². The summed E-state index contributed by atoms with van der Waals surface area (Å²) in [4.78, 5) is 17.2. The van der Waals surface area contributed by atoms with Crippen LogP contribution in [0.4, 0.5) is 0 Å². The highest BCUT2D eigenvalue weighted by atomic mass is 35.5. The smallest absolute Gasteiger partial charge is 0.209 e. The van der Waals surface area contributed by atoms with Gasteiger partial charge in [0.05, 0.1) is 21.4 Å². The molecule has 0 saturated carbocycles. The van der Waals surface area contributed by atoms with E-state index in [9.17, 15) is 4.79 Å². The van der Waals surface area contributed by atoms with Gasteiger partial charge in [0.25, 0.3) is 0 Å². The predicted octanol–water partition coefficient (Wildman–Crippen LogP) is 5.70. The van der Waals surface area contributed by atoms with E-state index in [0.717, 1.165) is 15.8 Å². The molecule has 0 radical (unpaired) electrons. The molecule has 26 heavy (non-hydrogen) atoms. The third kappa shape index (κ3) is 3.47. The molecule has 0 aliphatic heterocycles. The number of benzene rings is 2. The molecule has 5 heteroatoms. The van der Waals surface area contributed by atoms with Crippen molar-refractivity contribution in [3.05, 3.63) is 94.2 Å². The lowest BCUT2D eigenvalue weighted by molar-refractivity contribution is 0.103. The standard InChI is InChI=1S/C21H15ClN2OS/c22-17-6-1-4-15(12-17)5-2-10-24-11-3-7-19(24)21(25)16-8-9-18-20(13-16)26-14-23-18/h1-9,11-14H,10H2/b5-2+. The Labute approximate surface area is 160 Å². The Morgan fingerprint density at radius 3 is 2.96 bits per heavy atom. The summed E-state index contributed by atoms with van der Waals surface area (Å²) in [6, 6.07) is 17.1. The van der Waals surface area contributed by atoms with Gasteiger partial charge in [0.1, 0.15) is 0 Å². The second kappa shape index (κ2) is 7.28. The molecule has 4 aromatic rings. The molecule has 4 rings (SSSR count). The molecular weight excluding hydrogens is 364 g/mol. The summed E-state index contributed by atoms with van der Waals surface area (Å²) in [5.41, 5.74) is 5.10. The van der Waals surface area contributed by atoms with Crippen LogP contribution in [0.1, 0.15) is 21.6 Å². The van der Waals surface area contributed by atoms with Crippen molar-refractivity contribution in [1.82, 2.24) is 9.55 Å². The molecule has 0 aliphatic carbocycles. The molecule has 0 spiro atoms. The lowest BCUT2D eigenvalue weighted by Gasteiger charge is -2.06. The molecule has 0 aliphatic rings. The number of carbonyl (C=O) groups is 1. The van der Waals surface area contributed by atoms with Gasteiger partial charge < -0.3 is 4.57 Å². The molecule has 0 N–H and O–H groups in total. The van der Waals surface area contributed by atoms with Gasteiger partial charge in [-0.1, -0.05) is 35.9 Å². The normalized spacial score (nSPS) is 11.4. The number of allylic oxidation sites excluding steroid dienone is 1. The van der Waals surface area contributed by atoms with Gasteiger partial charge in [-0.3, -0.25) is 4.79 Å². The van der Waals surface area contributed by atoms with Gasteiger partial charge in [-0.25, -0.2) is 4.98 Å². The Kier molecular flexibility index (Phi) is 4.69. The Hall–Kier alpha value is -2.69. The van der Waals surface area contributed by atoms with Gasteiger partial charge in [-0.15, -0.1) is 11.3 Å². The third-order valence-corrected chi connectivity index (χ3v) is 5.14. The van der Waals surface area contributed by atoms with Crippen LogP contribution in [-0.4, -0.2) is 15.3 Å². The molecule has 128 valence electrons. The van der Waals surface area contributed by atoms with Crippen LogP contribution in [0.15, 0.2) is 72.4 Å². The first-order chi connectivity index (χ1) is 12.7. The van der Waals surface area contributed by atoms with Crippen molar-refractivity contribution >= 4 is 45.0 Å². The highest BCUT2D eigenvalue weighted by Gasteiger charge is 2.13. The number of fused-ring (bicyclic) bond motifs is 1. The van der Waals surface area contributed by atoms with E-state index >= 15 is 0 Å². The minimum absolute atomic E-state index is 0.0152. The molecule has 2 heterocycles. The molecule has 2 aromatic carbocycles. The maximum Gasteiger partial charge on any atom is 0.209 e. The van der Waals surface area contributed by atoms with E-state index in [1.54, 1.807) is 16.8 Å². The van der Waals surface area contributed by atoms with Crippen LogP contribution in [0, 0.1) is 0 Å². The summed E-state index contributed by atoms with van der Waals surface area (Å²) in [5.74, 6) is 0.0152. The number of aromatic nitrogens is 2. The van der Waals surface area contributed by atoms with Crippen molar-refractivity contribution in [3.63, 3.8) is 0 Å². The van der Waals surface area contributed by atoms with E-state index in [4.69, 9.17) is 11.6 Å². The minimum Gasteiger partial charge on any atom is -0.341 e. The maximum atomic E-state index is 12.9. The zero-order chi connectivity index (χ0) is 17.9. The van der Waals surface area contributed by atoms with Crippen LogP contribution in [0.2, 0.25) is 5.02 Å².